The zero-order chi connectivity index (χ0) is 13.8. The highest BCUT2D eigenvalue weighted by Gasteiger charge is 2.26. The highest BCUT2D eigenvalue weighted by atomic mass is 35.5. The molecule has 1 heterocycles. The molecule has 0 aliphatic rings. The van der Waals surface area contributed by atoms with Crippen molar-refractivity contribution in [2.45, 2.75) is 17.9 Å². The highest BCUT2D eigenvalue weighted by Crippen LogP contribution is 2.17. The number of carbonyl (C=O) groups excluding carboxylic acids is 1. The summed E-state index contributed by atoms with van der Waals surface area (Å²) in [6.07, 6.45) is 0. The third kappa shape index (κ3) is 4.69. The zero-order valence-corrected chi connectivity index (χ0v) is 13.1. The zero-order valence-electron chi connectivity index (χ0n) is 10.7. The Morgan fingerprint density at radius 3 is 2.74 bits per heavy atom. The first kappa shape index (κ1) is 18.3. The molecule has 7 nitrogen and oxygen atoms in total. The predicted octanol–water partition coefficient (Wildman–Crippen LogP) is 0.238. The number of hydrogen-bond donors (Lipinski definition) is 2. The van der Waals surface area contributed by atoms with Crippen LogP contribution >= 0.6 is 23.9 Å². The first-order chi connectivity index (χ1) is 8.42. The molecule has 1 aromatic heterocycles. The Labute approximate surface area is 122 Å². The second-order valence-corrected chi connectivity index (χ2v) is 5.93. The van der Waals surface area contributed by atoms with E-state index in [0.29, 0.717) is 0 Å². The van der Waals surface area contributed by atoms with Crippen LogP contribution in [0.5, 0.6) is 0 Å². The van der Waals surface area contributed by atoms with Crippen LogP contribution in [0.4, 0.5) is 0 Å². The van der Waals surface area contributed by atoms with Gasteiger partial charge in [-0.05, 0) is 25.5 Å². The van der Waals surface area contributed by atoms with Gasteiger partial charge in [-0.3, -0.25) is 0 Å². The molecular formula is C9H16ClN3O4S2. The van der Waals surface area contributed by atoms with Crippen LogP contribution in [0.15, 0.2) is 10.3 Å². The molecule has 0 aliphatic heterocycles. The van der Waals surface area contributed by atoms with E-state index in [9.17, 15) is 13.2 Å². The summed E-state index contributed by atoms with van der Waals surface area (Å²) in [6, 6.07) is -0.0204. The number of esters is 1. The van der Waals surface area contributed by atoms with E-state index in [1.165, 1.54) is 12.5 Å². The number of carbonyl (C=O) groups is 1. The first-order valence-electron chi connectivity index (χ1n) is 5.12. The van der Waals surface area contributed by atoms with E-state index in [0.717, 1.165) is 11.5 Å². The Morgan fingerprint density at radius 1 is 1.58 bits per heavy atom. The van der Waals surface area contributed by atoms with E-state index in [-0.39, 0.29) is 35.6 Å². The Kier molecular flexibility index (Phi) is 7.45. The summed E-state index contributed by atoms with van der Waals surface area (Å²) >= 11 is 0.891. The lowest BCUT2D eigenvalue weighted by molar-refractivity contribution is 0.0591. The minimum atomic E-state index is -3.75. The maximum atomic E-state index is 12.0. The van der Waals surface area contributed by atoms with E-state index >= 15 is 0 Å². The average molecular weight is 330 g/mol. The van der Waals surface area contributed by atoms with Crippen LogP contribution in [0.2, 0.25) is 0 Å². The van der Waals surface area contributed by atoms with Gasteiger partial charge in [0, 0.05) is 18.0 Å². The Balaban J connectivity index is 0.00000324. The van der Waals surface area contributed by atoms with Gasteiger partial charge in [-0.25, -0.2) is 17.9 Å². The number of methoxy groups -OCH3 is 1. The van der Waals surface area contributed by atoms with E-state index in [1.54, 1.807) is 7.05 Å². The maximum absolute atomic E-state index is 12.0. The number of likely N-dealkylation sites (N-methyl/N-ethyl adjacent to an activating group) is 1. The van der Waals surface area contributed by atoms with Crippen LogP contribution in [0.25, 0.3) is 0 Å². The minimum absolute atomic E-state index is 0. The van der Waals surface area contributed by atoms with Gasteiger partial charge in [0.25, 0.3) is 0 Å². The molecule has 0 aliphatic carbocycles. The lowest BCUT2D eigenvalue weighted by atomic mass is 10.4. The molecule has 0 bridgehead atoms. The number of nitrogens with zero attached hydrogens (tertiary/aromatic N) is 1. The molecule has 2 N–H and O–H groups in total. The number of ether oxygens (including phenoxy) is 1. The summed E-state index contributed by atoms with van der Waals surface area (Å²) in [6.45, 7) is 2.05. The van der Waals surface area contributed by atoms with Crippen molar-refractivity contribution in [1.29, 1.82) is 0 Å². The summed E-state index contributed by atoms with van der Waals surface area (Å²) in [5.74, 6) is -0.765. The van der Waals surface area contributed by atoms with Gasteiger partial charge in [-0.2, -0.15) is 4.37 Å². The van der Waals surface area contributed by atoms with Crippen molar-refractivity contribution in [3.05, 3.63) is 11.1 Å². The standard InChI is InChI=1S/C9H15N3O4S2.ClH/c1-6(10-2)4-11-18(14,15)7-5-17-12-8(7)9(13)16-3;/h5-6,10-11H,4H2,1-3H3;1H. The Bertz CT molecular complexity index is 517. The molecule has 0 aromatic carbocycles. The molecule has 1 aromatic rings. The Hall–Kier alpha value is -0.740. The number of nitrogens with one attached hydrogen (secondary N) is 2. The molecule has 10 heteroatoms. The van der Waals surface area contributed by atoms with Gasteiger partial charge >= 0.3 is 5.97 Å². The summed E-state index contributed by atoms with van der Waals surface area (Å²) in [4.78, 5) is 11.2. The first-order valence-corrected chi connectivity index (χ1v) is 7.44. The van der Waals surface area contributed by atoms with Gasteiger partial charge in [0.15, 0.2) is 5.69 Å². The average Bonchev–Trinajstić information content (AvgIpc) is 2.85. The molecular weight excluding hydrogens is 314 g/mol. The van der Waals surface area contributed by atoms with Crippen molar-refractivity contribution >= 4 is 39.9 Å². The van der Waals surface area contributed by atoms with Crippen molar-refractivity contribution in [3.8, 4) is 0 Å². The van der Waals surface area contributed by atoms with Gasteiger partial charge in [0.1, 0.15) is 4.90 Å². The van der Waals surface area contributed by atoms with Gasteiger partial charge in [-0.1, -0.05) is 0 Å². The van der Waals surface area contributed by atoms with Crippen LogP contribution in [-0.2, 0) is 14.8 Å². The van der Waals surface area contributed by atoms with Crippen LogP contribution in [-0.4, -0.2) is 45.5 Å². The third-order valence-corrected chi connectivity index (χ3v) is 4.49. The smallest absolute Gasteiger partial charge is 0.359 e. The minimum Gasteiger partial charge on any atom is -0.464 e. The van der Waals surface area contributed by atoms with Crippen LogP contribution < -0.4 is 10.0 Å². The Morgan fingerprint density at radius 2 is 2.21 bits per heavy atom. The molecule has 0 saturated carbocycles. The normalized spacial score (nSPS) is 12.6. The van der Waals surface area contributed by atoms with Crippen molar-refractivity contribution in [2.75, 3.05) is 20.7 Å². The molecule has 0 amide bonds. The van der Waals surface area contributed by atoms with Crippen LogP contribution in [0.3, 0.4) is 0 Å². The molecule has 1 unspecified atom stereocenters. The summed E-state index contributed by atoms with van der Waals surface area (Å²) < 4.78 is 34.6. The largest absolute Gasteiger partial charge is 0.464 e. The fourth-order valence-electron chi connectivity index (χ4n) is 1.07. The molecule has 0 fully saturated rings. The number of sulfonamides is 1. The van der Waals surface area contributed by atoms with Crippen LogP contribution in [0, 0.1) is 0 Å². The van der Waals surface area contributed by atoms with Gasteiger partial charge in [0.2, 0.25) is 10.0 Å². The molecule has 110 valence electrons. The summed E-state index contributed by atoms with van der Waals surface area (Å²) in [5.41, 5.74) is -0.188. The number of rotatable bonds is 6. The van der Waals surface area contributed by atoms with E-state index in [1.807, 2.05) is 6.92 Å². The topological polar surface area (TPSA) is 97.4 Å². The SMILES string of the molecule is CNC(C)CNS(=O)(=O)c1csnc1C(=O)OC.Cl. The lowest BCUT2D eigenvalue weighted by Gasteiger charge is -2.11. The number of aromatic nitrogens is 1. The van der Waals surface area contributed by atoms with E-state index in [2.05, 4.69) is 19.1 Å². The van der Waals surface area contributed by atoms with Crippen molar-refractivity contribution in [1.82, 2.24) is 14.4 Å². The third-order valence-electron chi connectivity index (χ3n) is 2.28. The second-order valence-electron chi connectivity index (χ2n) is 3.56. The van der Waals surface area contributed by atoms with Crippen LogP contribution in [0.1, 0.15) is 17.4 Å². The second kappa shape index (κ2) is 7.75. The fraction of sp³-hybridized carbons (Fsp3) is 0.556. The molecule has 0 spiro atoms. The van der Waals surface area contributed by atoms with Gasteiger partial charge in [-0.15, -0.1) is 12.4 Å². The monoisotopic (exact) mass is 329 g/mol. The lowest BCUT2D eigenvalue weighted by Crippen LogP contribution is -2.37. The molecule has 19 heavy (non-hydrogen) atoms. The number of hydrogen-bond acceptors (Lipinski definition) is 7. The van der Waals surface area contributed by atoms with Crippen molar-refractivity contribution in [3.63, 3.8) is 0 Å². The van der Waals surface area contributed by atoms with Crippen molar-refractivity contribution < 1.29 is 17.9 Å². The highest BCUT2D eigenvalue weighted by molar-refractivity contribution is 7.89. The van der Waals surface area contributed by atoms with Gasteiger partial charge < -0.3 is 10.1 Å². The maximum Gasteiger partial charge on any atom is 0.359 e. The summed E-state index contributed by atoms with van der Waals surface area (Å²) in [5, 5.41) is 4.20. The fourth-order valence-corrected chi connectivity index (χ4v) is 3.31. The quantitative estimate of drug-likeness (QED) is 0.725. The predicted molar refractivity (Wildman–Crippen MR) is 74.4 cm³/mol. The molecule has 0 saturated heterocycles. The summed E-state index contributed by atoms with van der Waals surface area (Å²) in [7, 11) is -0.848. The van der Waals surface area contributed by atoms with Crippen molar-refractivity contribution in [2.24, 2.45) is 0 Å². The number of halogens is 1. The molecule has 1 atom stereocenters. The molecule has 0 radical (unpaired) electrons. The van der Waals surface area contributed by atoms with Gasteiger partial charge in [0.05, 0.1) is 7.11 Å². The van der Waals surface area contributed by atoms with E-state index in [4.69, 9.17) is 0 Å². The molecule has 1 rings (SSSR count). The van der Waals surface area contributed by atoms with E-state index < -0.39 is 16.0 Å².